The number of rotatable bonds is 5. The lowest BCUT2D eigenvalue weighted by Crippen LogP contribution is -2.38. The Morgan fingerprint density at radius 2 is 2.00 bits per heavy atom. The van der Waals surface area contributed by atoms with E-state index in [4.69, 9.17) is 19.8 Å². The number of nitrogens with one attached hydrogen (secondary N) is 2. The van der Waals surface area contributed by atoms with E-state index in [1.54, 1.807) is 11.6 Å². The molecule has 2 N–H and O–H groups in total. The molecule has 4 aromatic rings. The van der Waals surface area contributed by atoms with E-state index in [0.717, 1.165) is 52.6 Å². The van der Waals surface area contributed by atoms with Gasteiger partial charge >= 0.3 is 0 Å². The number of allylic oxidation sites excluding steroid dienone is 1. The molecule has 1 fully saturated rings. The second-order valence-corrected chi connectivity index (χ2v) is 8.30. The van der Waals surface area contributed by atoms with Gasteiger partial charge in [-0.25, -0.2) is 9.97 Å². The molecule has 0 unspecified atom stereocenters. The zero-order valence-electron chi connectivity index (χ0n) is 18.8. The Morgan fingerprint density at radius 3 is 2.76 bits per heavy atom. The van der Waals surface area contributed by atoms with Gasteiger partial charge in [0, 0.05) is 23.1 Å². The van der Waals surface area contributed by atoms with Gasteiger partial charge in [-0.1, -0.05) is 18.7 Å². The number of amides is 1. The zero-order valence-corrected chi connectivity index (χ0v) is 18.8. The standard InChI is InChI=1S/C25H26N6O2/c1-15(2)18-7-6-8-19-21(18)28-25(27-20-9-4-5-14-26-24(20)32)31-23(19)29-22(30-31)16-10-12-17(33-3)13-11-16/h6-8,10-13,20H,1,4-5,9,14H2,2-3H3,(H,26,32)(H,27,28)/t20-/m1/s1. The van der Waals surface area contributed by atoms with Crippen molar-refractivity contribution in [3.8, 4) is 17.1 Å². The van der Waals surface area contributed by atoms with Crippen LogP contribution in [0.1, 0.15) is 31.7 Å². The Balaban J connectivity index is 1.70. The van der Waals surface area contributed by atoms with Crippen LogP contribution in [0, 0.1) is 0 Å². The lowest BCUT2D eigenvalue weighted by molar-refractivity contribution is -0.121. The van der Waals surface area contributed by atoms with Crippen molar-refractivity contribution in [1.82, 2.24) is 24.9 Å². The van der Waals surface area contributed by atoms with Crippen molar-refractivity contribution in [1.29, 1.82) is 0 Å². The number of methoxy groups -OCH3 is 1. The SMILES string of the molecule is C=C(C)c1cccc2c1nc(N[C@@H]1CCCCNC1=O)n1nc(-c3ccc(OC)cc3)nc21. The molecule has 168 valence electrons. The van der Waals surface area contributed by atoms with Crippen molar-refractivity contribution in [2.45, 2.75) is 32.2 Å². The van der Waals surface area contributed by atoms with E-state index >= 15 is 0 Å². The lowest BCUT2D eigenvalue weighted by atomic mass is 10.1. The molecule has 1 saturated heterocycles. The van der Waals surface area contributed by atoms with Gasteiger partial charge in [0.2, 0.25) is 11.9 Å². The lowest BCUT2D eigenvalue weighted by Gasteiger charge is -2.17. The van der Waals surface area contributed by atoms with E-state index < -0.39 is 0 Å². The first kappa shape index (κ1) is 20.9. The zero-order chi connectivity index (χ0) is 22.9. The molecule has 1 aliphatic heterocycles. The average molecular weight is 443 g/mol. The van der Waals surface area contributed by atoms with Gasteiger partial charge in [0.25, 0.3) is 0 Å². The normalized spacial score (nSPS) is 16.4. The molecule has 1 amide bonds. The number of nitrogens with zero attached hydrogens (tertiary/aromatic N) is 4. The molecule has 8 nitrogen and oxygen atoms in total. The summed E-state index contributed by atoms with van der Waals surface area (Å²) < 4.78 is 6.97. The molecule has 2 aromatic heterocycles. The highest BCUT2D eigenvalue weighted by molar-refractivity contribution is 5.99. The fourth-order valence-corrected chi connectivity index (χ4v) is 4.16. The van der Waals surface area contributed by atoms with E-state index in [2.05, 4.69) is 17.2 Å². The summed E-state index contributed by atoms with van der Waals surface area (Å²) in [6, 6.07) is 13.2. The van der Waals surface area contributed by atoms with Crippen LogP contribution in [0.4, 0.5) is 5.95 Å². The maximum absolute atomic E-state index is 12.6. The van der Waals surface area contributed by atoms with Crippen LogP contribution in [-0.4, -0.2) is 45.2 Å². The third kappa shape index (κ3) is 3.88. The predicted octanol–water partition coefficient (Wildman–Crippen LogP) is 4.07. The molecule has 33 heavy (non-hydrogen) atoms. The third-order valence-corrected chi connectivity index (χ3v) is 5.95. The fourth-order valence-electron chi connectivity index (χ4n) is 4.16. The molecule has 5 rings (SSSR count). The second-order valence-electron chi connectivity index (χ2n) is 8.30. The summed E-state index contributed by atoms with van der Waals surface area (Å²) >= 11 is 0. The molecule has 3 heterocycles. The van der Waals surface area contributed by atoms with Gasteiger partial charge in [0.15, 0.2) is 11.5 Å². The van der Waals surface area contributed by atoms with Crippen molar-refractivity contribution in [2.24, 2.45) is 0 Å². The molecule has 8 heteroatoms. The number of aromatic nitrogens is 4. The molecule has 0 radical (unpaired) electrons. The van der Waals surface area contributed by atoms with Crippen molar-refractivity contribution in [3.63, 3.8) is 0 Å². The van der Waals surface area contributed by atoms with E-state index in [9.17, 15) is 4.79 Å². The number of carbonyl (C=O) groups excluding carboxylic acids is 1. The maximum atomic E-state index is 12.6. The van der Waals surface area contributed by atoms with E-state index in [-0.39, 0.29) is 11.9 Å². The van der Waals surface area contributed by atoms with Crippen LogP contribution in [0.2, 0.25) is 0 Å². The number of benzene rings is 2. The summed E-state index contributed by atoms with van der Waals surface area (Å²) in [6.07, 6.45) is 2.66. The Hall–Kier alpha value is -3.94. The van der Waals surface area contributed by atoms with Crippen molar-refractivity contribution in [2.75, 3.05) is 19.0 Å². The van der Waals surface area contributed by atoms with Crippen LogP contribution in [-0.2, 0) is 4.79 Å². The molecule has 0 spiro atoms. The average Bonchev–Trinajstić information content (AvgIpc) is 3.19. The van der Waals surface area contributed by atoms with E-state index in [1.807, 2.05) is 49.4 Å². The summed E-state index contributed by atoms with van der Waals surface area (Å²) in [6.45, 7) is 6.77. The highest BCUT2D eigenvalue weighted by atomic mass is 16.5. The van der Waals surface area contributed by atoms with Gasteiger partial charge in [-0.05, 0) is 62.1 Å². The summed E-state index contributed by atoms with van der Waals surface area (Å²) in [5.41, 5.74) is 4.16. The molecule has 0 bridgehead atoms. The highest BCUT2D eigenvalue weighted by Crippen LogP contribution is 2.29. The Kier molecular flexibility index (Phi) is 5.42. The molecule has 1 aliphatic rings. The number of para-hydroxylation sites is 1. The number of hydrogen-bond donors (Lipinski definition) is 2. The van der Waals surface area contributed by atoms with Crippen LogP contribution >= 0.6 is 0 Å². The van der Waals surface area contributed by atoms with Gasteiger partial charge in [0.05, 0.1) is 12.6 Å². The molecule has 2 aromatic carbocycles. The summed E-state index contributed by atoms with van der Waals surface area (Å²) in [5, 5.41) is 12.0. The summed E-state index contributed by atoms with van der Waals surface area (Å²) in [7, 11) is 1.64. The molecule has 0 saturated carbocycles. The number of fused-ring (bicyclic) bond motifs is 3. The smallest absolute Gasteiger partial charge is 0.242 e. The van der Waals surface area contributed by atoms with E-state index in [1.165, 1.54) is 0 Å². The van der Waals surface area contributed by atoms with Crippen LogP contribution in [0.25, 0.3) is 33.5 Å². The van der Waals surface area contributed by atoms with Gasteiger partial charge in [-0.2, -0.15) is 4.52 Å². The molecule has 0 aliphatic carbocycles. The highest BCUT2D eigenvalue weighted by Gasteiger charge is 2.24. The first-order chi connectivity index (χ1) is 16.0. The van der Waals surface area contributed by atoms with Crippen LogP contribution in [0.5, 0.6) is 5.75 Å². The minimum absolute atomic E-state index is 0.0220. The largest absolute Gasteiger partial charge is 0.497 e. The van der Waals surface area contributed by atoms with E-state index in [0.29, 0.717) is 24.0 Å². The number of hydrogen-bond acceptors (Lipinski definition) is 6. The van der Waals surface area contributed by atoms with Crippen LogP contribution in [0.3, 0.4) is 0 Å². The van der Waals surface area contributed by atoms with Crippen LogP contribution < -0.4 is 15.4 Å². The van der Waals surface area contributed by atoms with Crippen LogP contribution in [0.15, 0.2) is 49.0 Å². The number of carbonyl (C=O) groups is 1. The number of ether oxygens (including phenoxy) is 1. The minimum Gasteiger partial charge on any atom is -0.497 e. The predicted molar refractivity (Wildman–Crippen MR) is 129 cm³/mol. The van der Waals surface area contributed by atoms with Crippen molar-refractivity contribution in [3.05, 3.63) is 54.6 Å². The Morgan fingerprint density at radius 1 is 1.18 bits per heavy atom. The number of anilines is 1. The second kappa shape index (κ2) is 8.54. The summed E-state index contributed by atoms with van der Waals surface area (Å²) in [5.74, 6) is 1.80. The minimum atomic E-state index is -0.383. The monoisotopic (exact) mass is 442 g/mol. The van der Waals surface area contributed by atoms with Gasteiger partial charge in [0.1, 0.15) is 11.8 Å². The molecular formula is C25H26N6O2. The summed E-state index contributed by atoms with van der Waals surface area (Å²) in [4.78, 5) is 22.4. The first-order valence-electron chi connectivity index (χ1n) is 11.1. The first-order valence-corrected chi connectivity index (χ1v) is 11.1. The Labute approximate surface area is 191 Å². The Bertz CT molecular complexity index is 1360. The molecular weight excluding hydrogens is 416 g/mol. The van der Waals surface area contributed by atoms with Gasteiger partial charge in [-0.15, -0.1) is 5.10 Å². The van der Waals surface area contributed by atoms with Gasteiger partial charge in [-0.3, -0.25) is 4.79 Å². The quantitative estimate of drug-likeness (QED) is 0.484. The van der Waals surface area contributed by atoms with Crippen molar-refractivity contribution < 1.29 is 9.53 Å². The molecule has 1 atom stereocenters. The topological polar surface area (TPSA) is 93.4 Å². The maximum Gasteiger partial charge on any atom is 0.242 e. The third-order valence-electron chi connectivity index (χ3n) is 5.95. The van der Waals surface area contributed by atoms with Crippen molar-refractivity contribution >= 4 is 34.0 Å². The fraction of sp³-hybridized carbons (Fsp3) is 0.280. The van der Waals surface area contributed by atoms with Gasteiger partial charge < -0.3 is 15.4 Å².